The number of nitrogens with two attached hydrogens (primary N) is 1. The number of carbonyl (C=O) groups excluding carboxylic acids is 1. The Morgan fingerprint density at radius 1 is 1.14 bits per heavy atom. The van der Waals surface area contributed by atoms with E-state index in [1.54, 1.807) is 31.4 Å². The van der Waals surface area contributed by atoms with Crippen LogP contribution in [0, 0.1) is 0 Å². The first kappa shape index (κ1) is 14.6. The molecule has 2 rings (SSSR count). The molecule has 6 nitrogen and oxygen atoms in total. The maximum Gasteiger partial charge on any atom is 0.316 e. The molecule has 21 heavy (non-hydrogen) atoms. The quantitative estimate of drug-likeness (QED) is 0.803. The Bertz CT molecular complexity index is 692. The summed E-state index contributed by atoms with van der Waals surface area (Å²) in [6, 6.07) is 10.1. The van der Waals surface area contributed by atoms with Gasteiger partial charge in [-0.3, -0.25) is 4.79 Å². The molecule has 0 saturated carbocycles. The molecule has 0 saturated heterocycles. The number of carbonyl (C=O) groups is 1. The van der Waals surface area contributed by atoms with E-state index in [1.807, 2.05) is 19.1 Å². The highest BCUT2D eigenvalue weighted by molar-refractivity contribution is 5.87. The van der Waals surface area contributed by atoms with Crippen molar-refractivity contribution in [1.29, 1.82) is 0 Å². The minimum absolute atomic E-state index is 0.0462. The van der Waals surface area contributed by atoms with Crippen LogP contribution < -0.4 is 21.9 Å². The summed E-state index contributed by atoms with van der Waals surface area (Å²) in [7, 11) is 1.71. The van der Waals surface area contributed by atoms with Gasteiger partial charge in [-0.05, 0) is 30.7 Å². The fraction of sp³-hybridized carbons (Fsp3) is 0.200. The lowest BCUT2D eigenvalue weighted by atomic mass is 10.1. The molecule has 1 aromatic heterocycles. The molecule has 0 fully saturated rings. The van der Waals surface area contributed by atoms with E-state index < -0.39 is 6.03 Å². The van der Waals surface area contributed by atoms with Crippen LogP contribution >= 0.6 is 0 Å². The number of rotatable bonds is 4. The second-order valence-electron chi connectivity index (χ2n) is 4.84. The standard InChI is InChI=1S/C15H18N4O2/c1-10(17-13-7-8-14(20)19(2)9-13)11-3-5-12(6-4-11)18-15(16)21/h3-10,17H,1-2H3,(H3,16,18,21). The molecule has 0 aliphatic carbocycles. The summed E-state index contributed by atoms with van der Waals surface area (Å²) < 4.78 is 1.52. The number of aryl methyl sites for hydroxylation is 1. The third kappa shape index (κ3) is 3.85. The van der Waals surface area contributed by atoms with Crippen molar-refractivity contribution in [3.63, 3.8) is 0 Å². The van der Waals surface area contributed by atoms with Gasteiger partial charge in [-0.1, -0.05) is 12.1 Å². The predicted molar refractivity (Wildman–Crippen MR) is 83.4 cm³/mol. The average Bonchev–Trinajstić information content (AvgIpc) is 2.43. The molecule has 0 radical (unpaired) electrons. The minimum atomic E-state index is -0.584. The van der Waals surface area contributed by atoms with E-state index in [2.05, 4.69) is 10.6 Å². The van der Waals surface area contributed by atoms with Gasteiger partial charge in [0.15, 0.2) is 0 Å². The summed E-state index contributed by atoms with van der Waals surface area (Å²) >= 11 is 0. The molecule has 2 aromatic rings. The molecule has 0 spiro atoms. The van der Waals surface area contributed by atoms with Crippen LogP contribution in [-0.4, -0.2) is 10.6 Å². The first-order valence-electron chi connectivity index (χ1n) is 6.55. The van der Waals surface area contributed by atoms with E-state index in [0.29, 0.717) is 5.69 Å². The fourth-order valence-corrected chi connectivity index (χ4v) is 2.01. The number of hydrogen-bond donors (Lipinski definition) is 3. The number of nitrogens with one attached hydrogen (secondary N) is 2. The zero-order valence-corrected chi connectivity index (χ0v) is 12.0. The minimum Gasteiger partial charge on any atom is -0.377 e. The molecule has 1 aromatic carbocycles. The van der Waals surface area contributed by atoms with Gasteiger partial charge in [-0.15, -0.1) is 0 Å². The van der Waals surface area contributed by atoms with Gasteiger partial charge in [-0.2, -0.15) is 0 Å². The van der Waals surface area contributed by atoms with Crippen LogP contribution in [0.5, 0.6) is 0 Å². The molecule has 110 valence electrons. The number of nitrogens with zero attached hydrogens (tertiary/aromatic N) is 1. The topological polar surface area (TPSA) is 89.2 Å². The summed E-state index contributed by atoms with van der Waals surface area (Å²) in [6.07, 6.45) is 1.75. The van der Waals surface area contributed by atoms with Gasteiger partial charge in [0.25, 0.3) is 0 Å². The van der Waals surface area contributed by atoms with Crippen molar-refractivity contribution in [2.45, 2.75) is 13.0 Å². The van der Waals surface area contributed by atoms with E-state index in [-0.39, 0.29) is 11.6 Å². The molecule has 1 heterocycles. The molecule has 6 heteroatoms. The van der Waals surface area contributed by atoms with E-state index in [4.69, 9.17) is 5.73 Å². The Hall–Kier alpha value is -2.76. The smallest absolute Gasteiger partial charge is 0.316 e. The van der Waals surface area contributed by atoms with Crippen molar-refractivity contribution < 1.29 is 4.79 Å². The van der Waals surface area contributed by atoms with Crippen molar-refractivity contribution >= 4 is 17.4 Å². The molecule has 0 aliphatic heterocycles. The first-order valence-corrected chi connectivity index (χ1v) is 6.55. The zero-order chi connectivity index (χ0) is 15.4. The van der Waals surface area contributed by atoms with Crippen molar-refractivity contribution in [3.05, 3.63) is 58.5 Å². The van der Waals surface area contributed by atoms with Gasteiger partial charge in [0.2, 0.25) is 5.56 Å². The van der Waals surface area contributed by atoms with Crippen molar-refractivity contribution in [1.82, 2.24) is 4.57 Å². The summed E-state index contributed by atoms with van der Waals surface area (Å²) in [6.45, 7) is 2.02. The summed E-state index contributed by atoms with van der Waals surface area (Å²) in [5, 5.41) is 5.83. The molecule has 4 N–H and O–H groups in total. The molecule has 1 unspecified atom stereocenters. The number of amides is 2. The van der Waals surface area contributed by atoms with Crippen LogP contribution in [0.25, 0.3) is 0 Å². The van der Waals surface area contributed by atoms with E-state index in [0.717, 1.165) is 11.3 Å². The molecule has 1 atom stereocenters. The Balaban J connectivity index is 2.08. The highest BCUT2D eigenvalue weighted by Gasteiger charge is 2.06. The number of benzene rings is 1. The van der Waals surface area contributed by atoms with E-state index in [1.165, 1.54) is 10.6 Å². The number of pyridine rings is 1. The third-order valence-corrected chi connectivity index (χ3v) is 3.15. The van der Waals surface area contributed by atoms with Crippen LogP contribution in [0.2, 0.25) is 0 Å². The lowest BCUT2D eigenvalue weighted by Gasteiger charge is -2.16. The Labute approximate surface area is 122 Å². The normalized spacial score (nSPS) is 11.7. The highest BCUT2D eigenvalue weighted by Crippen LogP contribution is 2.20. The molecule has 0 bridgehead atoms. The molecule has 2 amide bonds. The third-order valence-electron chi connectivity index (χ3n) is 3.15. The SMILES string of the molecule is CC(Nc1ccc(=O)n(C)c1)c1ccc(NC(N)=O)cc1. The first-order chi connectivity index (χ1) is 9.95. The summed E-state index contributed by atoms with van der Waals surface area (Å²) in [4.78, 5) is 22.1. The van der Waals surface area contributed by atoms with Crippen LogP contribution in [-0.2, 0) is 7.05 Å². The number of anilines is 2. The van der Waals surface area contributed by atoms with Crippen LogP contribution in [0.3, 0.4) is 0 Å². The van der Waals surface area contributed by atoms with Gasteiger partial charge in [0, 0.05) is 31.0 Å². The maximum absolute atomic E-state index is 11.3. The molecular weight excluding hydrogens is 268 g/mol. The lowest BCUT2D eigenvalue weighted by Crippen LogP contribution is -2.19. The second kappa shape index (κ2) is 6.13. The number of primary amides is 1. The predicted octanol–water partition coefficient (Wildman–Crippen LogP) is 2.05. The van der Waals surface area contributed by atoms with E-state index in [9.17, 15) is 9.59 Å². The van der Waals surface area contributed by atoms with Gasteiger partial charge < -0.3 is 20.9 Å². The van der Waals surface area contributed by atoms with Gasteiger partial charge in [0.05, 0.1) is 5.69 Å². The number of hydrogen-bond acceptors (Lipinski definition) is 3. The second-order valence-corrected chi connectivity index (χ2v) is 4.84. The van der Waals surface area contributed by atoms with Gasteiger partial charge in [-0.25, -0.2) is 4.79 Å². The monoisotopic (exact) mass is 286 g/mol. The van der Waals surface area contributed by atoms with Gasteiger partial charge in [0.1, 0.15) is 0 Å². The van der Waals surface area contributed by atoms with Crippen LogP contribution in [0.15, 0.2) is 47.4 Å². The van der Waals surface area contributed by atoms with Crippen molar-refractivity contribution in [3.8, 4) is 0 Å². The maximum atomic E-state index is 11.3. The summed E-state index contributed by atoms with van der Waals surface area (Å²) in [5.74, 6) is 0. The molecule has 0 aliphatic rings. The Morgan fingerprint density at radius 2 is 1.76 bits per heavy atom. The number of urea groups is 1. The number of aromatic nitrogens is 1. The van der Waals surface area contributed by atoms with Crippen molar-refractivity contribution in [2.24, 2.45) is 12.8 Å². The van der Waals surface area contributed by atoms with Gasteiger partial charge >= 0.3 is 6.03 Å². The Kier molecular flexibility index (Phi) is 4.27. The average molecular weight is 286 g/mol. The van der Waals surface area contributed by atoms with Crippen LogP contribution in [0.1, 0.15) is 18.5 Å². The summed E-state index contributed by atoms with van der Waals surface area (Å²) in [5.41, 5.74) is 7.59. The van der Waals surface area contributed by atoms with Crippen LogP contribution in [0.4, 0.5) is 16.2 Å². The highest BCUT2D eigenvalue weighted by atomic mass is 16.2. The fourth-order valence-electron chi connectivity index (χ4n) is 2.01. The molecular formula is C15H18N4O2. The largest absolute Gasteiger partial charge is 0.377 e. The zero-order valence-electron chi connectivity index (χ0n) is 12.0. The van der Waals surface area contributed by atoms with E-state index >= 15 is 0 Å². The lowest BCUT2D eigenvalue weighted by molar-refractivity contribution is 0.259. The Morgan fingerprint density at radius 3 is 2.33 bits per heavy atom. The van der Waals surface area contributed by atoms with Crippen molar-refractivity contribution in [2.75, 3.05) is 10.6 Å².